The molecule has 1 aromatic rings. The zero-order valence-corrected chi connectivity index (χ0v) is 13.7. The molecule has 0 radical (unpaired) electrons. The Labute approximate surface area is 139 Å². The molecular weight excluding hydrogens is 314 g/mol. The molecule has 0 amide bonds. The van der Waals surface area contributed by atoms with Gasteiger partial charge in [-0.05, 0) is 19.4 Å². The van der Waals surface area contributed by atoms with E-state index in [-0.39, 0.29) is 6.61 Å². The molecule has 1 fully saturated rings. The normalized spacial score (nSPS) is 29.3. The number of carbonyl (C=O) groups is 2. The number of nitrogens with zero attached hydrogens (tertiary/aromatic N) is 1. The highest BCUT2D eigenvalue weighted by atomic mass is 16.6. The summed E-state index contributed by atoms with van der Waals surface area (Å²) in [6.45, 7) is 3.10. The second kappa shape index (κ2) is 7.38. The van der Waals surface area contributed by atoms with Crippen LogP contribution in [0.5, 0.6) is 0 Å². The summed E-state index contributed by atoms with van der Waals surface area (Å²) >= 11 is 0. The van der Waals surface area contributed by atoms with Crippen LogP contribution in [0.2, 0.25) is 0 Å². The molecule has 1 heterocycles. The van der Waals surface area contributed by atoms with Gasteiger partial charge >= 0.3 is 11.9 Å². The Morgan fingerprint density at radius 3 is 2.62 bits per heavy atom. The van der Waals surface area contributed by atoms with Crippen LogP contribution in [0.3, 0.4) is 0 Å². The first-order valence-corrected chi connectivity index (χ1v) is 7.47. The van der Waals surface area contributed by atoms with Gasteiger partial charge in [-0.2, -0.15) is 4.99 Å². The van der Waals surface area contributed by atoms with Gasteiger partial charge in [-0.25, -0.2) is 9.59 Å². The van der Waals surface area contributed by atoms with Crippen molar-refractivity contribution in [2.45, 2.75) is 38.2 Å². The molecule has 0 aliphatic carbocycles. The maximum absolute atomic E-state index is 12.3. The zero-order chi connectivity index (χ0) is 17.7. The smallest absolute Gasteiger partial charge is 0.337 e. The number of methoxy groups -OCH3 is 1. The van der Waals surface area contributed by atoms with Gasteiger partial charge in [-0.3, -0.25) is 4.79 Å². The van der Waals surface area contributed by atoms with Gasteiger partial charge in [0.15, 0.2) is 5.54 Å². The third kappa shape index (κ3) is 3.37. The number of hydrogen-bond donors (Lipinski definition) is 0. The van der Waals surface area contributed by atoms with Crippen molar-refractivity contribution in [3.63, 3.8) is 0 Å². The minimum atomic E-state index is -1.66. The van der Waals surface area contributed by atoms with E-state index in [9.17, 15) is 14.4 Å². The summed E-state index contributed by atoms with van der Waals surface area (Å²) in [5, 5.41) is 0. The van der Waals surface area contributed by atoms with Crippen LogP contribution in [-0.2, 0) is 35.2 Å². The minimum Gasteiger partial charge on any atom is -0.469 e. The van der Waals surface area contributed by atoms with E-state index in [1.54, 1.807) is 6.92 Å². The molecule has 1 aliphatic rings. The molecule has 1 aliphatic heterocycles. The number of benzene rings is 1. The van der Waals surface area contributed by atoms with E-state index in [0.29, 0.717) is 0 Å². The lowest BCUT2D eigenvalue weighted by Crippen LogP contribution is -2.61. The third-order valence-corrected chi connectivity index (χ3v) is 4.12. The van der Waals surface area contributed by atoms with Crippen LogP contribution in [0.4, 0.5) is 0 Å². The quantitative estimate of drug-likeness (QED) is 0.459. The van der Waals surface area contributed by atoms with E-state index in [2.05, 4.69) is 4.99 Å². The fraction of sp³-hybridized carbons (Fsp3) is 0.471. The second-order valence-corrected chi connectivity index (χ2v) is 5.73. The number of carbonyl (C=O) groups excluding carboxylic acids is 3. The molecule has 7 heteroatoms. The van der Waals surface area contributed by atoms with Gasteiger partial charge in [0, 0.05) is 0 Å². The first-order valence-electron chi connectivity index (χ1n) is 7.47. The molecule has 2 rings (SSSR count). The fourth-order valence-electron chi connectivity index (χ4n) is 2.75. The van der Waals surface area contributed by atoms with Crippen molar-refractivity contribution >= 4 is 18.0 Å². The monoisotopic (exact) mass is 333 g/mol. The number of aliphatic imine (C=N–C) groups is 1. The average molecular weight is 333 g/mol. The molecule has 0 bridgehead atoms. The Hall–Kier alpha value is -2.50. The highest BCUT2D eigenvalue weighted by Crippen LogP contribution is 2.36. The van der Waals surface area contributed by atoms with Gasteiger partial charge in [0.1, 0.15) is 18.1 Å². The largest absolute Gasteiger partial charge is 0.469 e. The molecule has 0 aromatic heterocycles. The lowest BCUT2D eigenvalue weighted by atomic mass is 9.80. The number of hydrogen-bond acceptors (Lipinski definition) is 7. The summed E-state index contributed by atoms with van der Waals surface area (Å²) in [7, 11) is 1.24. The first kappa shape index (κ1) is 17.8. The summed E-state index contributed by atoms with van der Waals surface area (Å²) in [6.07, 6.45) is -0.404. The first-order chi connectivity index (χ1) is 11.4. The Morgan fingerprint density at radius 2 is 2.04 bits per heavy atom. The van der Waals surface area contributed by atoms with Crippen LogP contribution in [0.1, 0.15) is 19.4 Å². The van der Waals surface area contributed by atoms with E-state index < -0.39 is 35.6 Å². The number of esters is 2. The summed E-state index contributed by atoms with van der Waals surface area (Å²) in [5.41, 5.74) is -0.813. The molecular formula is C17H19NO6. The minimum absolute atomic E-state index is 0.142. The van der Waals surface area contributed by atoms with E-state index in [1.807, 2.05) is 30.3 Å². The molecule has 1 aromatic carbocycles. The van der Waals surface area contributed by atoms with E-state index >= 15 is 0 Å². The van der Waals surface area contributed by atoms with E-state index in [4.69, 9.17) is 14.2 Å². The summed E-state index contributed by atoms with van der Waals surface area (Å²) < 4.78 is 15.8. The Morgan fingerprint density at radius 1 is 1.38 bits per heavy atom. The molecule has 0 spiro atoms. The maximum atomic E-state index is 12.3. The van der Waals surface area contributed by atoms with Crippen molar-refractivity contribution in [1.82, 2.24) is 0 Å². The topological polar surface area (TPSA) is 91.3 Å². The van der Waals surface area contributed by atoms with Crippen LogP contribution >= 0.6 is 0 Å². The summed E-state index contributed by atoms with van der Waals surface area (Å²) in [6, 6.07) is 9.24. The van der Waals surface area contributed by atoms with Crippen molar-refractivity contribution < 1.29 is 28.6 Å². The van der Waals surface area contributed by atoms with Crippen molar-refractivity contribution in [1.29, 1.82) is 0 Å². The number of cyclic esters (lactones) is 1. The predicted molar refractivity (Wildman–Crippen MR) is 82.6 cm³/mol. The van der Waals surface area contributed by atoms with Crippen LogP contribution < -0.4 is 0 Å². The zero-order valence-electron chi connectivity index (χ0n) is 13.7. The number of isocyanates is 1. The summed E-state index contributed by atoms with van der Waals surface area (Å²) in [5.74, 6) is -2.24. The number of ether oxygens (including phenoxy) is 3. The molecule has 1 saturated heterocycles. The SMILES string of the molecule is COC(=O)C1C(C)OC(=O)C(C)(N=C=O)C1OCc1ccccc1. The van der Waals surface area contributed by atoms with Crippen LogP contribution in [0.25, 0.3) is 0 Å². The molecule has 0 N–H and O–H groups in total. The second-order valence-electron chi connectivity index (χ2n) is 5.73. The Bertz CT molecular complexity index is 654. The van der Waals surface area contributed by atoms with Crippen molar-refractivity contribution in [3.8, 4) is 0 Å². The molecule has 4 atom stereocenters. The average Bonchev–Trinajstić information content (AvgIpc) is 2.57. The molecule has 0 saturated carbocycles. The van der Waals surface area contributed by atoms with Crippen LogP contribution in [-0.4, -0.2) is 42.9 Å². The van der Waals surface area contributed by atoms with Gasteiger partial charge in [-0.1, -0.05) is 30.3 Å². The Kier molecular flexibility index (Phi) is 5.49. The third-order valence-electron chi connectivity index (χ3n) is 4.12. The molecule has 128 valence electrons. The van der Waals surface area contributed by atoms with Crippen molar-refractivity contribution in [2.24, 2.45) is 10.9 Å². The van der Waals surface area contributed by atoms with Crippen LogP contribution in [0.15, 0.2) is 35.3 Å². The molecule has 24 heavy (non-hydrogen) atoms. The Balaban J connectivity index is 2.36. The van der Waals surface area contributed by atoms with Gasteiger partial charge in [-0.15, -0.1) is 0 Å². The van der Waals surface area contributed by atoms with Crippen molar-refractivity contribution in [3.05, 3.63) is 35.9 Å². The van der Waals surface area contributed by atoms with E-state index in [1.165, 1.54) is 20.1 Å². The standard InChI is InChI=1S/C17H19NO6/c1-11-13(15(20)22-3)14(17(2,18-10-19)16(21)24-11)23-9-12-7-5-4-6-8-12/h4-8,11,13-14H,9H2,1-3H3. The lowest BCUT2D eigenvalue weighted by Gasteiger charge is -2.42. The van der Waals surface area contributed by atoms with Crippen molar-refractivity contribution in [2.75, 3.05) is 7.11 Å². The number of rotatable bonds is 5. The molecule has 7 nitrogen and oxygen atoms in total. The van der Waals surface area contributed by atoms with E-state index in [0.717, 1.165) is 5.56 Å². The van der Waals surface area contributed by atoms with Gasteiger partial charge < -0.3 is 14.2 Å². The predicted octanol–water partition coefficient (Wildman–Crippen LogP) is 1.40. The fourth-order valence-corrected chi connectivity index (χ4v) is 2.75. The summed E-state index contributed by atoms with van der Waals surface area (Å²) in [4.78, 5) is 38.8. The highest BCUT2D eigenvalue weighted by molar-refractivity contribution is 5.87. The highest BCUT2D eigenvalue weighted by Gasteiger charge is 2.57. The van der Waals surface area contributed by atoms with Gasteiger partial charge in [0.05, 0.1) is 13.7 Å². The maximum Gasteiger partial charge on any atom is 0.337 e. The lowest BCUT2D eigenvalue weighted by molar-refractivity contribution is -0.196. The van der Waals surface area contributed by atoms with Gasteiger partial charge in [0.2, 0.25) is 6.08 Å². The molecule has 4 unspecified atom stereocenters. The van der Waals surface area contributed by atoms with Gasteiger partial charge in [0.25, 0.3) is 0 Å². The van der Waals surface area contributed by atoms with Crippen LogP contribution in [0, 0.1) is 5.92 Å².